The summed E-state index contributed by atoms with van der Waals surface area (Å²) >= 11 is 3.30. The van der Waals surface area contributed by atoms with Crippen molar-refractivity contribution in [1.82, 2.24) is 15.5 Å². The van der Waals surface area contributed by atoms with Crippen molar-refractivity contribution in [2.24, 2.45) is 17.6 Å². The number of rotatable bonds is 6. The van der Waals surface area contributed by atoms with Gasteiger partial charge in [-0.05, 0) is 25.5 Å². The monoisotopic (exact) mass is 456 g/mol. The topological polar surface area (TPSA) is 145 Å². The molecule has 0 bridgehead atoms. The first kappa shape index (κ1) is 21.9. The van der Waals surface area contributed by atoms with Crippen molar-refractivity contribution >= 4 is 41.3 Å². The van der Waals surface area contributed by atoms with E-state index in [9.17, 15) is 24.6 Å². The molecule has 2 amide bonds. The zero-order valence-corrected chi connectivity index (χ0v) is 18.5. The molecule has 3 fully saturated rings. The fraction of sp³-hybridized carbons (Fsp3) is 0.737. The Kier molecular flexibility index (Phi) is 6.10. The highest BCUT2D eigenvalue weighted by Crippen LogP contribution is 2.52. The van der Waals surface area contributed by atoms with Crippen LogP contribution in [0.1, 0.15) is 26.7 Å². The Bertz CT molecular complexity index is 791. The van der Waals surface area contributed by atoms with Crippen molar-refractivity contribution in [2.45, 2.75) is 61.5 Å². The number of β-lactam (4-membered cyclic amide) rings is 1. The number of hydrogen-bond acceptors (Lipinski definition) is 8. The summed E-state index contributed by atoms with van der Waals surface area (Å²) < 4.78 is 0. The van der Waals surface area contributed by atoms with Gasteiger partial charge in [-0.25, -0.2) is 4.79 Å². The third kappa shape index (κ3) is 3.64. The number of fused-ring (bicyclic) bond motifs is 1. The summed E-state index contributed by atoms with van der Waals surface area (Å²) in [7, 11) is 0. The van der Waals surface area contributed by atoms with Gasteiger partial charge in [0.05, 0.1) is 29.5 Å². The lowest BCUT2D eigenvalue weighted by Crippen LogP contribution is -2.63. The Balaban J connectivity index is 1.45. The lowest BCUT2D eigenvalue weighted by molar-refractivity contribution is -0.163. The van der Waals surface area contributed by atoms with Crippen molar-refractivity contribution in [2.75, 3.05) is 12.3 Å². The van der Waals surface area contributed by atoms with Crippen molar-refractivity contribution in [1.29, 1.82) is 0 Å². The number of nitrogens with zero attached hydrogens (tertiary/aromatic N) is 1. The zero-order chi connectivity index (χ0) is 21.7. The number of aliphatic carboxylic acids is 1. The Morgan fingerprint density at radius 2 is 2.13 bits per heavy atom. The number of nitrogens with one attached hydrogen (secondary N) is 2. The molecule has 4 rings (SSSR count). The molecule has 8 atom stereocenters. The van der Waals surface area contributed by atoms with Crippen molar-refractivity contribution < 1.29 is 24.6 Å². The predicted molar refractivity (Wildman–Crippen MR) is 114 cm³/mol. The molecule has 9 nitrogen and oxygen atoms in total. The maximum absolute atomic E-state index is 12.5. The van der Waals surface area contributed by atoms with E-state index in [2.05, 4.69) is 10.6 Å². The van der Waals surface area contributed by atoms with Gasteiger partial charge < -0.3 is 26.2 Å². The largest absolute Gasteiger partial charge is 0.477 e. The summed E-state index contributed by atoms with van der Waals surface area (Å²) in [5, 5.41) is 26.8. The Morgan fingerprint density at radius 1 is 1.40 bits per heavy atom. The summed E-state index contributed by atoms with van der Waals surface area (Å²) in [4.78, 5) is 38.0. The number of aliphatic hydroxyl groups excluding tert-OH is 1. The van der Waals surface area contributed by atoms with Crippen LogP contribution in [0, 0.1) is 11.8 Å². The molecule has 4 aliphatic heterocycles. The van der Waals surface area contributed by atoms with Gasteiger partial charge in [-0.1, -0.05) is 6.92 Å². The van der Waals surface area contributed by atoms with Crippen molar-refractivity contribution in [3.05, 3.63) is 10.6 Å². The van der Waals surface area contributed by atoms with Crippen LogP contribution in [0.4, 0.5) is 0 Å². The van der Waals surface area contributed by atoms with E-state index in [1.54, 1.807) is 18.7 Å². The number of carboxylic acids is 1. The summed E-state index contributed by atoms with van der Waals surface area (Å²) in [5.74, 6) is -1.54. The lowest BCUT2D eigenvalue weighted by atomic mass is 9.79. The number of carbonyl (C=O) groups is 3. The molecule has 166 valence electrons. The molecule has 4 heterocycles. The smallest absolute Gasteiger partial charge is 0.353 e. The Morgan fingerprint density at radius 3 is 2.77 bits per heavy atom. The van der Waals surface area contributed by atoms with Crippen LogP contribution < -0.4 is 16.4 Å². The average molecular weight is 457 g/mol. The number of nitrogens with two attached hydrogens (primary N) is 1. The summed E-state index contributed by atoms with van der Waals surface area (Å²) in [5.41, 5.74) is 5.52. The number of carbonyl (C=O) groups excluding carboxylic acids is 2. The molecule has 5 unspecified atom stereocenters. The van der Waals surface area contributed by atoms with Crippen LogP contribution in [-0.4, -0.2) is 80.0 Å². The molecule has 0 aromatic carbocycles. The van der Waals surface area contributed by atoms with E-state index in [1.807, 2.05) is 6.92 Å². The third-order valence-corrected chi connectivity index (χ3v) is 9.31. The highest BCUT2D eigenvalue weighted by Gasteiger charge is 2.60. The summed E-state index contributed by atoms with van der Waals surface area (Å²) in [6.07, 6.45) is 0.747. The number of amides is 2. The molecule has 0 aromatic rings. The van der Waals surface area contributed by atoms with Gasteiger partial charge in [0.25, 0.3) is 0 Å². The lowest BCUT2D eigenvalue weighted by Gasteiger charge is -2.46. The normalized spacial score (nSPS) is 39.6. The van der Waals surface area contributed by atoms with Crippen LogP contribution in [0.3, 0.4) is 0 Å². The van der Waals surface area contributed by atoms with E-state index in [4.69, 9.17) is 5.73 Å². The van der Waals surface area contributed by atoms with Gasteiger partial charge >= 0.3 is 5.97 Å². The van der Waals surface area contributed by atoms with Gasteiger partial charge in [0, 0.05) is 28.7 Å². The Hall–Kier alpha value is -1.27. The van der Waals surface area contributed by atoms with Crippen LogP contribution in [0.2, 0.25) is 0 Å². The van der Waals surface area contributed by atoms with E-state index in [0.29, 0.717) is 0 Å². The third-order valence-electron chi connectivity index (χ3n) is 6.51. The number of primary amides is 1. The molecular formula is C19H28N4O5S2. The second kappa shape index (κ2) is 8.34. The van der Waals surface area contributed by atoms with Crippen LogP contribution in [0.15, 0.2) is 10.6 Å². The SMILES string of the molecule is C[C@@H](O)C1C(=O)N2C(C(=O)O)=C(SC3CN[C@H](C4NC(C(N)=O)CCS4)C3)[C@H](C)C12. The molecule has 4 aliphatic rings. The van der Waals surface area contributed by atoms with Crippen molar-refractivity contribution in [3.63, 3.8) is 0 Å². The van der Waals surface area contributed by atoms with Crippen molar-refractivity contribution in [3.8, 4) is 0 Å². The zero-order valence-electron chi connectivity index (χ0n) is 16.9. The molecule has 0 radical (unpaired) electrons. The van der Waals surface area contributed by atoms with Crippen LogP contribution >= 0.6 is 23.5 Å². The van der Waals surface area contributed by atoms with E-state index in [0.717, 1.165) is 30.0 Å². The van der Waals surface area contributed by atoms with E-state index < -0.39 is 18.0 Å². The number of hydrogen-bond donors (Lipinski definition) is 5. The molecule has 0 aromatic heterocycles. The minimum absolute atomic E-state index is 0.0711. The fourth-order valence-corrected chi connectivity index (χ4v) is 7.83. The van der Waals surface area contributed by atoms with Gasteiger partial charge in [0.1, 0.15) is 5.70 Å². The van der Waals surface area contributed by atoms with Crippen LogP contribution in [-0.2, 0) is 14.4 Å². The molecule has 11 heteroatoms. The fourth-order valence-electron chi connectivity index (χ4n) is 5.01. The predicted octanol–water partition coefficient (Wildman–Crippen LogP) is -0.490. The van der Waals surface area contributed by atoms with Gasteiger partial charge in [-0.3, -0.25) is 14.9 Å². The molecular weight excluding hydrogens is 428 g/mol. The number of thioether (sulfide) groups is 2. The molecule has 6 N–H and O–H groups in total. The van der Waals surface area contributed by atoms with Gasteiger partial charge in [-0.15, -0.1) is 23.5 Å². The highest BCUT2D eigenvalue weighted by molar-refractivity contribution is 8.03. The van der Waals surface area contributed by atoms with E-state index in [1.165, 1.54) is 16.7 Å². The van der Waals surface area contributed by atoms with E-state index >= 15 is 0 Å². The second-order valence-electron chi connectivity index (χ2n) is 8.46. The van der Waals surface area contributed by atoms with Crippen LogP contribution in [0.5, 0.6) is 0 Å². The molecule has 0 saturated carbocycles. The minimum atomic E-state index is -1.10. The number of aliphatic hydroxyl groups is 1. The van der Waals surface area contributed by atoms with Crippen LogP contribution in [0.25, 0.3) is 0 Å². The molecule has 0 aliphatic carbocycles. The Labute approximate surface area is 183 Å². The molecule has 3 saturated heterocycles. The maximum Gasteiger partial charge on any atom is 0.353 e. The van der Waals surface area contributed by atoms with Gasteiger partial charge in [-0.2, -0.15) is 0 Å². The summed E-state index contributed by atoms with van der Waals surface area (Å²) in [6.45, 7) is 4.24. The molecule has 30 heavy (non-hydrogen) atoms. The first-order valence-corrected chi connectivity index (χ1v) is 12.2. The van der Waals surface area contributed by atoms with E-state index in [-0.39, 0.29) is 52.2 Å². The summed E-state index contributed by atoms with van der Waals surface area (Å²) in [6, 6.07) is -0.444. The first-order valence-electron chi connectivity index (χ1n) is 10.3. The molecule has 0 spiro atoms. The average Bonchev–Trinajstić information content (AvgIpc) is 3.24. The quantitative estimate of drug-likeness (QED) is 0.334. The first-order chi connectivity index (χ1) is 14.2. The van der Waals surface area contributed by atoms with Gasteiger partial charge in [0.15, 0.2) is 0 Å². The second-order valence-corrected chi connectivity index (χ2v) is 11.1. The standard InChI is InChI=1S/C19H28N4O5S2/c1-7-13-12(8(2)24)18(26)23(13)14(19(27)28)15(7)30-9-5-11(21-6-9)17-22-10(16(20)25)3-4-29-17/h7-13,17,21-22,24H,3-6H2,1-2H3,(H2,20,25)(H,27,28)/t7-,8-,9?,10?,11+,12?,13?,17?/m1/s1. The number of carboxylic acid groups (broad SMARTS) is 1. The minimum Gasteiger partial charge on any atom is -0.477 e. The van der Waals surface area contributed by atoms with Gasteiger partial charge in [0.2, 0.25) is 11.8 Å². The maximum atomic E-state index is 12.5. The highest BCUT2D eigenvalue weighted by atomic mass is 32.2.